The molecule has 2 aromatic heterocycles. The molecule has 0 aromatic carbocycles. The fourth-order valence-electron chi connectivity index (χ4n) is 2.39. The molecule has 6 nitrogen and oxygen atoms in total. The molecular weight excluding hydrogens is 266 g/mol. The second-order valence-electron chi connectivity index (χ2n) is 4.99. The van der Waals surface area contributed by atoms with Crippen LogP contribution in [0.4, 0.5) is 5.95 Å². The van der Waals surface area contributed by atoms with Crippen LogP contribution in [0.15, 0.2) is 36.7 Å². The van der Waals surface area contributed by atoms with Crippen molar-refractivity contribution in [3.63, 3.8) is 0 Å². The molecule has 108 valence electrons. The highest BCUT2D eigenvalue weighted by molar-refractivity contribution is 5.92. The van der Waals surface area contributed by atoms with E-state index in [0.29, 0.717) is 18.8 Å². The number of anilines is 1. The van der Waals surface area contributed by atoms with Crippen LogP contribution in [0, 0.1) is 6.92 Å². The minimum atomic E-state index is -0.00710. The van der Waals surface area contributed by atoms with Gasteiger partial charge in [-0.2, -0.15) is 0 Å². The summed E-state index contributed by atoms with van der Waals surface area (Å²) >= 11 is 0. The number of piperazine rings is 1. The zero-order valence-corrected chi connectivity index (χ0v) is 11.9. The van der Waals surface area contributed by atoms with Gasteiger partial charge in [-0.25, -0.2) is 15.0 Å². The summed E-state index contributed by atoms with van der Waals surface area (Å²) in [5.41, 5.74) is 1.37. The minimum absolute atomic E-state index is 0.00710. The van der Waals surface area contributed by atoms with Gasteiger partial charge in [0.2, 0.25) is 5.95 Å². The van der Waals surface area contributed by atoms with E-state index in [2.05, 4.69) is 19.9 Å². The molecule has 0 unspecified atom stereocenters. The largest absolute Gasteiger partial charge is 0.337 e. The molecule has 0 aliphatic carbocycles. The van der Waals surface area contributed by atoms with Crippen molar-refractivity contribution in [1.82, 2.24) is 19.9 Å². The molecule has 1 aliphatic heterocycles. The summed E-state index contributed by atoms with van der Waals surface area (Å²) < 4.78 is 0. The van der Waals surface area contributed by atoms with E-state index in [1.807, 2.05) is 24.0 Å². The van der Waals surface area contributed by atoms with Gasteiger partial charge in [-0.05, 0) is 25.1 Å². The highest BCUT2D eigenvalue weighted by atomic mass is 16.2. The van der Waals surface area contributed by atoms with Crippen molar-refractivity contribution in [2.75, 3.05) is 31.1 Å². The molecule has 0 N–H and O–H groups in total. The Kier molecular flexibility index (Phi) is 3.77. The Morgan fingerprint density at radius 2 is 1.76 bits per heavy atom. The monoisotopic (exact) mass is 283 g/mol. The Balaban J connectivity index is 1.64. The van der Waals surface area contributed by atoms with Gasteiger partial charge in [0.1, 0.15) is 5.69 Å². The van der Waals surface area contributed by atoms with Crippen LogP contribution in [0.1, 0.15) is 16.2 Å². The number of carbonyl (C=O) groups is 1. The lowest BCUT2D eigenvalue weighted by molar-refractivity contribution is 0.0740. The van der Waals surface area contributed by atoms with Crippen molar-refractivity contribution in [2.24, 2.45) is 0 Å². The van der Waals surface area contributed by atoms with Gasteiger partial charge < -0.3 is 9.80 Å². The van der Waals surface area contributed by atoms with Crippen molar-refractivity contribution < 1.29 is 4.79 Å². The summed E-state index contributed by atoms with van der Waals surface area (Å²) in [6.45, 7) is 4.68. The zero-order valence-electron chi connectivity index (χ0n) is 11.9. The van der Waals surface area contributed by atoms with Gasteiger partial charge in [0.05, 0.1) is 0 Å². The molecule has 1 fully saturated rings. The predicted octanol–water partition coefficient (Wildman–Crippen LogP) is 1.14. The molecule has 21 heavy (non-hydrogen) atoms. The first-order chi connectivity index (χ1) is 10.2. The number of nitrogens with zero attached hydrogens (tertiary/aromatic N) is 5. The summed E-state index contributed by atoms with van der Waals surface area (Å²) in [4.78, 5) is 29.1. The number of amides is 1. The number of rotatable bonds is 2. The topological polar surface area (TPSA) is 62.2 Å². The van der Waals surface area contributed by atoms with Gasteiger partial charge in [-0.1, -0.05) is 6.07 Å². The number of carbonyl (C=O) groups excluding carboxylic acids is 1. The molecule has 1 amide bonds. The maximum atomic E-state index is 12.4. The number of aromatic nitrogens is 3. The third-order valence-electron chi connectivity index (χ3n) is 3.51. The summed E-state index contributed by atoms with van der Waals surface area (Å²) in [6.07, 6.45) is 3.47. The van der Waals surface area contributed by atoms with Crippen LogP contribution in [0.2, 0.25) is 0 Å². The van der Waals surface area contributed by atoms with Crippen LogP contribution in [0.25, 0.3) is 0 Å². The third kappa shape index (κ3) is 2.99. The molecule has 0 saturated carbocycles. The third-order valence-corrected chi connectivity index (χ3v) is 3.51. The molecule has 3 rings (SSSR count). The lowest BCUT2D eigenvalue weighted by Gasteiger charge is -2.34. The summed E-state index contributed by atoms with van der Waals surface area (Å²) in [5.74, 6) is 0.714. The maximum absolute atomic E-state index is 12.4. The normalized spacial score (nSPS) is 15.1. The highest BCUT2D eigenvalue weighted by Gasteiger charge is 2.23. The molecule has 3 heterocycles. The molecule has 0 radical (unpaired) electrons. The summed E-state index contributed by atoms with van der Waals surface area (Å²) in [5, 5.41) is 0. The van der Waals surface area contributed by atoms with Crippen molar-refractivity contribution in [2.45, 2.75) is 6.92 Å². The fourth-order valence-corrected chi connectivity index (χ4v) is 2.39. The van der Waals surface area contributed by atoms with Crippen molar-refractivity contribution in [1.29, 1.82) is 0 Å². The van der Waals surface area contributed by atoms with E-state index in [-0.39, 0.29) is 5.91 Å². The molecular formula is C15H17N5O. The number of hydrogen-bond donors (Lipinski definition) is 0. The van der Waals surface area contributed by atoms with Gasteiger partial charge in [0, 0.05) is 44.3 Å². The lowest BCUT2D eigenvalue weighted by Crippen LogP contribution is -2.49. The Labute approximate surface area is 123 Å². The minimum Gasteiger partial charge on any atom is -0.337 e. The van der Waals surface area contributed by atoms with E-state index in [9.17, 15) is 4.79 Å². The van der Waals surface area contributed by atoms with Gasteiger partial charge in [-0.15, -0.1) is 0 Å². The molecule has 0 bridgehead atoms. The number of pyridine rings is 1. The Hall–Kier alpha value is -2.50. The van der Waals surface area contributed by atoms with Crippen LogP contribution in [0.5, 0.6) is 0 Å². The second-order valence-corrected chi connectivity index (χ2v) is 4.99. The lowest BCUT2D eigenvalue weighted by atomic mass is 10.2. The highest BCUT2D eigenvalue weighted by Crippen LogP contribution is 2.12. The zero-order chi connectivity index (χ0) is 14.7. The average molecular weight is 283 g/mol. The van der Waals surface area contributed by atoms with E-state index >= 15 is 0 Å². The first kappa shape index (κ1) is 13.5. The van der Waals surface area contributed by atoms with E-state index < -0.39 is 0 Å². The van der Waals surface area contributed by atoms with Crippen LogP contribution < -0.4 is 4.90 Å². The van der Waals surface area contributed by atoms with E-state index in [4.69, 9.17) is 0 Å². The van der Waals surface area contributed by atoms with Gasteiger partial charge in [0.15, 0.2) is 0 Å². The number of aryl methyl sites for hydroxylation is 1. The Bertz CT molecular complexity index is 623. The molecule has 0 atom stereocenters. The Morgan fingerprint density at radius 3 is 2.43 bits per heavy atom. The van der Waals surface area contributed by atoms with Crippen molar-refractivity contribution in [3.8, 4) is 0 Å². The molecule has 1 aliphatic rings. The standard InChI is InChI=1S/C15H17N5O/c1-12-4-2-5-13(18-12)14(21)19-8-10-20(11-9-19)15-16-6-3-7-17-15/h2-7H,8-11H2,1H3. The van der Waals surface area contributed by atoms with Crippen LogP contribution in [0.3, 0.4) is 0 Å². The summed E-state index contributed by atoms with van der Waals surface area (Å²) in [6, 6.07) is 7.32. The smallest absolute Gasteiger partial charge is 0.272 e. The first-order valence-corrected chi connectivity index (χ1v) is 6.99. The van der Waals surface area contributed by atoms with Gasteiger partial charge in [0.25, 0.3) is 5.91 Å². The van der Waals surface area contributed by atoms with E-state index in [1.54, 1.807) is 24.5 Å². The average Bonchev–Trinajstić information content (AvgIpc) is 2.55. The SMILES string of the molecule is Cc1cccc(C(=O)N2CCN(c3ncccn3)CC2)n1. The van der Waals surface area contributed by atoms with Crippen LogP contribution in [-0.2, 0) is 0 Å². The first-order valence-electron chi connectivity index (χ1n) is 6.99. The van der Waals surface area contributed by atoms with Gasteiger partial charge >= 0.3 is 0 Å². The van der Waals surface area contributed by atoms with Gasteiger partial charge in [-0.3, -0.25) is 4.79 Å². The van der Waals surface area contributed by atoms with E-state index in [0.717, 1.165) is 24.7 Å². The molecule has 0 spiro atoms. The van der Waals surface area contributed by atoms with E-state index in [1.165, 1.54) is 0 Å². The quantitative estimate of drug-likeness (QED) is 0.827. The Morgan fingerprint density at radius 1 is 1.05 bits per heavy atom. The molecule has 1 saturated heterocycles. The van der Waals surface area contributed by atoms with Crippen molar-refractivity contribution >= 4 is 11.9 Å². The fraction of sp³-hybridized carbons (Fsp3) is 0.333. The summed E-state index contributed by atoms with van der Waals surface area (Å²) in [7, 11) is 0. The maximum Gasteiger partial charge on any atom is 0.272 e. The van der Waals surface area contributed by atoms with Crippen LogP contribution >= 0.6 is 0 Å². The van der Waals surface area contributed by atoms with Crippen molar-refractivity contribution in [3.05, 3.63) is 48.0 Å². The molecule has 6 heteroatoms. The molecule has 2 aromatic rings. The second kappa shape index (κ2) is 5.87. The van der Waals surface area contributed by atoms with Crippen LogP contribution in [-0.4, -0.2) is 51.9 Å². The number of hydrogen-bond acceptors (Lipinski definition) is 5. The predicted molar refractivity (Wildman–Crippen MR) is 79.1 cm³/mol.